The molecule has 0 aromatic carbocycles. The number of fused-ring (bicyclic) bond motifs is 1. The van der Waals surface area contributed by atoms with Crippen LogP contribution in [0.5, 0.6) is 0 Å². The van der Waals surface area contributed by atoms with Gasteiger partial charge in [0, 0.05) is 13.0 Å². The second-order valence-corrected chi connectivity index (χ2v) is 5.46. The van der Waals surface area contributed by atoms with Gasteiger partial charge in [0.2, 0.25) is 11.8 Å². The van der Waals surface area contributed by atoms with Crippen molar-refractivity contribution in [1.82, 2.24) is 10.6 Å². The fraction of sp³-hybridized carbons (Fsp3) is 0.846. The van der Waals surface area contributed by atoms with Gasteiger partial charge in [-0.3, -0.25) is 9.59 Å². The molecule has 0 radical (unpaired) electrons. The Bertz CT molecular complexity index is 319. The molecule has 3 unspecified atom stereocenters. The molecule has 1 heterocycles. The largest absolute Gasteiger partial charge is 0.370 e. The molecule has 2 fully saturated rings. The van der Waals surface area contributed by atoms with Crippen LogP contribution in [0.25, 0.3) is 0 Å². The zero-order valence-electron chi connectivity index (χ0n) is 10.8. The van der Waals surface area contributed by atoms with Crippen LogP contribution in [0.15, 0.2) is 0 Å². The third-order valence-corrected chi connectivity index (χ3v) is 4.18. The summed E-state index contributed by atoms with van der Waals surface area (Å²) < 4.78 is 0. The molecular weight excluding hydrogens is 230 g/mol. The molecule has 1 saturated carbocycles. The second-order valence-electron chi connectivity index (χ2n) is 5.46. The predicted octanol–water partition coefficient (Wildman–Crippen LogP) is 0.146. The van der Waals surface area contributed by atoms with Crippen molar-refractivity contribution < 1.29 is 9.59 Å². The van der Waals surface area contributed by atoms with Crippen molar-refractivity contribution in [3.05, 3.63) is 0 Å². The maximum absolute atomic E-state index is 12.0. The molecule has 5 nitrogen and oxygen atoms in total. The van der Waals surface area contributed by atoms with Crippen LogP contribution < -0.4 is 16.4 Å². The van der Waals surface area contributed by atoms with Gasteiger partial charge < -0.3 is 16.4 Å². The lowest BCUT2D eigenvalue weighted by atomic mass is 9.93. The Morgan fingerprint density at radius 2 is 2.11 bits per heavy atom. The van der Waals surface area contributed by atoms with E-state index in [1.165, 1.54) is 19.3 Å². The number of primary amides is 1. The Labute approximate surface area is 108 Å². The lowest BCUT2D eigenvalue weighted by Gasteiger charge is -2.17. The van der Waals surface area contributed by atoms with Crippen LogP contribution in [0.1, 0.15) is 38.5 Å². The Kier molecular flexibility index (Phi) is 4.58. The highest BCUT2D eigenvalue weighted by molar-refractivity contribution is 5.82. The molecule has 1 aliphatic heterocycles. The van der Waals surface area contributed by atoms with Gasteiger partial charge in [0.1, 0.15) is 0 Å². The SMILES string of the molecule is NC(=O)CCCCNC(=O)C1NCC2CCCC21. The Morgan fingerprint density at radius 3 is 2.89 bits per heavy atom. The van der Waals surface area contributed by atoms with E-state index in [2.05, 4.69) is 10.6 Å². The number of nitrogens with one attached hydrogen (secondary N) is 2. The first-order valence-corrected chi connectivity index (χ1v) is 6.98. The van der Waals surface area contributed by atoms with Crippen molar-refractivity contribution in [3.63, 3.8) is 0 Å². The van der Waals surface area contributed by atoms with E-state index >= 15 is 0 Å². The maximum atomic E-state index is 12.0. The minimum Gasteiger partial charge on any atom is -0.370 e. The Balaban J connectivity index is 1.64. The second kappa shape index (κ2) is 6.18. The standard InChI is InChI=1S/C13H23N3O2/c14-11(17)6-1-2-7-15-13(18)12-10-5-3-4-9(10)8-16-12/h9-10,12,16H,1-8H2,(H2,14,17)(H,15,18). The van der Waals surface area contributed by atoms with Crippen LogP contribution >= 0.6 is 0 Å². The predicted molar refractivity (Wildman–Crippen MR) is 68.7 cm³/mol. The van der Waals surface area contributed by atoms with Gasteiger partial charge in [0.05, 0.1) is 6.04 Å². The van der Waals surface area contributed by atoms with E-state index in [4.69, 9.17) is 5.73 Å². The van der Waals surface area contributed by atoms with Crippen molar-refractivity contribution in [2.45, 2.75) is 44.6 Å². The van der Waals surface area contributed by atoms with Crippen molar-refractivity contribution in [1.29, 1.82) is 0 Å². The molecule has 4 N–H and O–H groups in total. The number of nitrogens with two attached hydrogens (primary N) is 1. The lowest BCUT2D eigenvalue weighted by Crippen LogP contribution is -2.44. The molecule has 0 aromatic rings. The molecule has 2 aliphatic rings. The van der Waals surface area contributed by atoms with E-state index in [1.54, 1.807) is 0 Å². The summed E-state index contributed by atoms with van der Waals surface area (Å²) in [6.07, 6.45) is 5.67. The molecule has 2 rings (SSSR count). The third kappa shape index (κ3) is 3.22. The highest BCUT2D eigenvalue weighted by atomic mass is 16.2. The molecule has 3 atom stereocenters. The summed E-state index contributed by atoms with van der Waals surface area (Å²) in [5.74, 6) is 1.10. The summed E-state index contributed by atoms with van der Waals surface area (Å²) in [7, 11) is 0. The van der Waals surface area contributed by atoms with E-state index < -0.39 is 0 Å². The van der Waals surface area contributed by atoms with E-state index in [1.807, 2.05) is 0 Å². The molecule has 2 amide bonds. The van der Waals surface area contributed by atoms with Crippen molar-refractivity contribution in [2.24, 2.45) is 17.6 Å². The van der Waals surface area contributed by atoms with Crippen LogP contribution in [0.4, 0.5) is 0 Å². The van der Waals surface area contributed by atoms with Crippen LogP contribution in [-0.2, 0) is 9.59 Å². The smallest absolute Gasteiger partial charge is 0.237 e. The lowest BCUT2D eigenvalue weighted by molar-refractivity contribution is -0.123. The monoisotopic (exact) mass is 253 g/mol. The number of hydrogen-bond acceptors (Lipinski definition) is 3. The molecule has 0 spiro atoms. The Hall–Kier alpha value is -1.10. The van der Waals surface area contributed by atoms with Gasteiger partial charge in [0.25, 0.3) is 0 Å². The summed E-state index contributed by atoms with van der Waals surface area (Å²) >= 11 is 0. The maximum Gasteiger partial charge on any atom is 0.237 e. The minimum atomic E-state index is -0.271. The molecule has 0 bridgehead atoms. The topological polar surface area (TPSA) is 84.2 Å². The fourth-order valence-corrected chi connectivity index (χ4v) is 3.22. The van der Waals surface area contributed by atoms with Crippen molar-refractivity contribution >= 4 is 11.8 Å². The number of unbranched alkanes of at least 4 members (excludes halogenated alkanes) is 1. The minimum absolute atomic E-state index is 0.00800. The molecule has 5 heteroatoms. The van der Waals surface area contributed by atoms with Gasteiger partial charge >= 0.3 is 0 Å². The zero-order valence-corrected chi connectivity index (χ0v) is 10.8. The number of carbonyl (C=O) groups is 2. The van der Waals surface area contributed by atoms with Gasteiger partial charge in [-0.2, -0.15) is 0 Å². The van der Waals surface area contributed by atoms with Gasteiger partial charge in [-0.15, -0.1) is 0 Å². The number of carbonyl (C=O) groups excluding carboxylic acids is 2. The molecule has 1 saturated heterocycles. The van der Waals surface area contributed by atoms with E-state index in [-0.39, 0.29) is 17.9 Å². The first-order chi connectivity index (χ1) is 8.68. The van der Waals surface area contributed by atoms with E-state index in [9.17, 15) is 9.59 Å². The molecule has 18 heavy (non-hydrogen) atoms. The summed E-state index contributed by atoms with van der Waals surface area (Å²) in [4.78, 5) is 22.6. The van der Waals surface area contributed by atoms with Crippen molar-refractivity contribution in [2.75, 3.05) is 13.1 Å². The highest BCUT2D eigenvalue weighted by Gasteiger charge is 2.42. The quantitative estimate of drug-likeness (QED) is 0.589. The van der Waals surface area contributed by atoms with E-state index in [0.717, 1.165) is 19.4 Å². The average Bonchev–Trinajstić information content (AvgIpc) is 2.89. The normalized spacial score (nSPS) is 30.1. The van der Waals surface area contributed by atoms with Gasteiger partial charge in [-0.25, -0.2) is 0 Å². The Morgan fingerprint density at radius 1 is 1.28 bits per heavy atom. The van der Waals surface area contributed by atoms with Gasteiger partial charge in [0.15, 0.2) is 0 Å². The van der Waals surface area contributed by atoms with Crippen LogP contribution in [0.3, 0.4) is 0 Å². The number of amides is 2. The molecule has 102 valence electrons. The first kappa shape index (κ1) is 13.3. The van der Waals surface area contributed by atoms with Crippen LogP contribution in [0, 0.1) is 11.8 Å². The molecule has 1 aliphatic carbocycles. The summed E-state index contributed by atoms with van der Waals surface area (Å²) in [6.45, 7) is 1.63. The molecule has 0 aromatic heterocycles. The summed E-state index contributed by atoms with van der Waals surface area (Å²) in [6, 6.07) is 0.00800. The van der Waals surface area contributed by atoms with Crippen LogP contribution in [0.2, 0.25) is 0 Å². The summed E-state index contributed by atoms with van der Waals surface area (Å²) in [5.41, 5.74) is 5.06. The fourth-order valence-electron chi connectivity index (χ4n) is 3.22. The van der Waals surface area contributed by atoms with Crippen LogP contribution in [-0.4, -0.2) is 30.9 Å². The third-order valence-electron chi connectivity index (χ3n) is 4.18. The first-order valence-electron chi connectivity index (χ1n) is 6.98. The molecular formula is C13H23N3O2. The van der Waals surface area contributed by atoms with Gasteiger partial charge in [-0.05, 0) is 44.1 Å². The summed E-state index contributed by atoms with van der Waals surface area (Å²) in [5, 5.41) is 6.29. The van der Waals surface area contributed by atoms with Gasteiger partial charge in [-0.1, -0.05) is 6.42 Å². The van der Waals surface area contributed by atoms with Crippen molar-refractivity contribution in [3.8, 4) is 0 Å². The number of hydrogen-bond donors (Lipinski definition) is 3. The average molecular weight is 253 g/mol. The highest BCUT2D eigenvalue weighted by Crippen LogP contribution is 2.37. The zero-order chi connectivity index (χ0) is 13.0. The number of rotatable bonds is 6. The van der Waals surface area contributed by atoms with E-state index in [0.29, 0.717) is 24.8 Å².